The molecule has 0 saturated carbocycles. The molecule has 6 rings (SSSR count). The highest BCUT2D eigenvalue weighted by atomic mass is 16.5. The third kappa shape index (κ3) is 3.92. The van der Waals surface area contributed by atoms with Crippen LogP contribution in [0.4, 0.5) is 0 Å². The fraction of sp³-hybridized carbons (Fsp3) is 0.308. The summed E-state index contributed by atoms with van der Waals surface area (Å²) in [6.45, 7) is 2.54. The third-order valence-corrected chi connectivity index (χ3v) is 7.07. The largest absolute Gasteiger partial charge is 0.496 e. The van der Waals surface area contributed by atoms with Crippen molar-refractivity contribution in [2.24, 2.45) is 11.8 Å². The van der Waals surface area contributed by atoms with E-state index < -0.39 is 0 Å². The number of aromatic amines is 1. The summed E-state index contributed by atoms with van der Waals surface area (Å²) in [5, 5.41) is 12.7. The molecule has 2 fully saturated rings. The van der Waals surface area contributed by atoms with E-state index in [-0.39, 0.29) is 30.3 Å². The smallest absolute Gasteiger partial charge is 0.260 e. The van der Waals surface area contributed by atoms with Crippen molar-refractivity contribution in [1.82, 2.24) is 25.2 Å². The molecule has 9 heteroatoms. The van der Waals surface area contributed by atoms with Crippen molar-refractivity contribution < 1.29 is 19.1 Å². The first-order chi connectivity index (χ1) is 17.1. The molecule has 1 aromatic heterocycles. The molecule has 1 N–H and O–H groups in total. The van der Waals surface area contributed by atoms with Gasteiger partial charge in [-0.05, 0) is 29.7 Å². The number of H-pyrrole nitrogens is 1. The summed E-state index contributed by atoms with van der Waals surface area (Å²) in [6, 6.07) is 17.0. The highest BCUT2D eigenvalue weighted by Gasteiger charge is 2.43. The monoisotopic (exact) mass is 471 g/mol. The lowest BCUT2D eigenvalue weighted by molar-refractivity contribution is -0.132. The first kappa shape index (κ1) is 21.4. The maximum atomic E-state index is 13.0. The lowest BCUT2D eigenvalue weighted by Gasteiger charge is -2.22. The predicted octanol–water partition coefficient (Wildman–Crippen LogP) is 2.73. The Morgan fingerprint density at radius 1 is 0.943 bits per heavy atom. The SMILES string of the molecule is COc1cc(OCC(=O)N2C[C@@H]3CN(C(=O)c4ccc5n[nH]nc5c4)C[C@H]3C2)cc2ccccc12. The third-order valence-electron chi connectivity index (χ3n) is 7.07. The van der Waals surface area contributed by atoms with Crippen molar-refractivity contribution in [3.05, 3.63) is 60.2 Å². The number of aromatic nitrogens is 3. The molecule has 2 aliphatic rings. The molecule has 0 radical (unpaired) electrons. The quantitative estimate of drug-likeness (QED) is 0.480. The Hall–Kier alpha value is -4.14. The van der Waals surface area contributed by atoms with Gasteiger partial charge in [-0.15, -0.1) is 0 Å². The molecular formula is C26H25N5O4. The number of carbonyl (C=O) groups is 2. The second-order valence-electron chi connectivity index (χ2n) is 9.19. The number of benzene rings is 3. The highest BCUT2D eigenvalue weighted by Crippen LogP contribution is 2.33. The highest BCUT2D eigenvalue weighted by molar-refractivity contribution is 5.97. The van der Waals surface area contributed by atoms with Crippen LogP contribution >= 0.6 is 0 Å². The van der Waals surface area contributed by atoms with E-state index in [0.29, 0.717) is 48.8 Å². The lowest BCUT2D eigenvalue weighted by Crippen LogP contribution is -2.37. The fourth-order valence-electron chi connectivity index (χ4n) is 5.26. The summed E-state index contributed by atoms with van der Waals surface area (Å²) >= 11 is 0. The minimum atomic E-state index is -0.0408. The molecule has 4 aromatic rings. The molecule has 2 saturated heterocycles. The van der Waals surface area contributed by atoms with Crippen LogP contribution in [0.15, 0.2) is 54.6 Å². The van der Waals surface area contributed by atoms with Crippen LogP contribution < -0.4 is 9.47 Å². The summed E-state index contributed by atoms with van der Waals surface area (Å²) in [7, 11) is 1.63. The second-order valence-corrected chi connectivity index (χ2v) is 9.19. The van der Waals surface area contributed by atoms with Crippen LogP contribution in [0.1, 0.15) is 10.4 Å². The minimum Gasteiger partial charge on any atom is -0.496 e. The molecule has 2 amide bonds. The van der Waals surface area contributed by atoms with Crippen LogP contribution in [-0.2, 0) is 4.79 Å². The van der Waals surface area contributed by atoms with Crippen LogP contribution in [0.25, 0.3) is 21.8 Å². The van der Waals surface area contributed by atoms with Crippen molar-refractivity contribution >= 4 is 33.6 Å². The zero-order valence-corrected chi connectivity index (χ0v) is 19.3. The number of rotatable bonds is 5. The number of nitrogens with zero attached hydrogens (tertiary/aromatic N) is 4. The van der Waals surface area contributed by atoms with Gasteiger partial charge in [-0.25, -0.2) is 0 Å². The van der Waals surface area contributed by atoms with Crippen molar-refractivity contribution in [3.8, 4) is 11.5 Å². The van der Waals surface area contributed by atoms with Gasteiger partial charge >= 0.3 is 0 Å². The molecule has 3 aromatic carbocycles. The Bertz CT molecular complexity index is 1420. The van der Waals surface area contributed by atoms with Gasteiger partial charge in [-0.1, -0.05) is 24.3 Å². The number of nitrogens with one attached hydrogen (secondary N) is 1. The maximum Gasteiger partial charge on any atom is 0.260 e. The Morgan fingerprint density at radius 2 is 1.69 bits per heavy atom. The van der Waals surface area contributed by atoms with E-state index in [1.807, 2.05) is 46.2 Å². The Morgan fingerprint density at radius 3 is 2.49 bits per heavy atom. The van der Waals surface area contributed by atoms with Gasteiger partial charge in [0.25, 0.3) is 11.8 Å². The number of hydrogen-bond acceptors (Lipinski definition) is 6. The molecule has 0 spiro atoms. The summed E-state index contributed by atoms with van der Waals surface area (Å²) in [4.78, 5) is 29.6. The van der Waals surface area contributed by atoms with Gasteiger partial charge in [0.1, 0.15) is 22.5 Å². The Balaban J connectivity index is 1.06. The predicted molar refractivity (Wildman–Crippen MR) is 129 cm³/mol. The van der Waals surface area contributed by atoms with Crippen LogP contribution in [-0.4, -0.2) is 76.9 Å². The number of hydrogen-bond donors (Lipinski definition) is 1. The van der Waals surface area contributed by atoms with Gasteiger partial charge in [0.05, 0.1) is 7.11 Å². The van der Waals surface area contributed by atoms with Gasteiger partial charge in [0.15, 0.2) is 6.61 Å². The van der Waals surface area contributed by atoms with Crippen molar-refractivity contribution in [1.29, 1.82) is 0 Å². The van der Waals surface area contributed by atoms with Gasteiger partial charge in [0, 0.05) is 55.0 Å². The van der Waals surface area contributed by atoms with E-state index in [2.05, 4.69) is 15.4 Å². The lowest BCUT2D eigenvalue weighted by atomic mass is 10.0. The molecular weight excluding hydrogens is 446 g/mol. The molecule has 178 valence electrons. The maximum absolute atomic E-state index is 13.0. The molecule has 35 heavy (non-hydrogen) atoms. The van der Waals surface area contributed by atoms with E-state index in [9.17, 15) is 9.59 Å². The molecule has 2 atom stereocenters. The minimum absolute atomic E-state index is 0.00392. The van der Waals surface area contributed by atoms with E-state index in [1.54, 1.807) is 25.3 Å². The van der Waals surface area contributed by atoms with E-state index in [4.69, 9.17) is 9.47 Å². The number of amides is 2. The first-order valence-electron chi connectivity index (χ1n) is 11.7. The number of methoxy groups -OCH3 is 1. The fourth-order valence-corrected chi connectivity index (χ4v) is 5.26. The molecule has 0 bridgehead atoms. The summed E-state index contributed by atoms with van der Waals surface area (Å²) in [6.07, 6.45) is 0. The van der Waals surface area contributed by atoms with E-state index in [0.717, 1.165) is 16.3 Å². The van der Waals surface area contributed by atoms with Gasteiger partial charge in [-0.3, -0.25) is 9.59 Å². The zero-order chi connectivity index (χ0) is 23.9. The summed E-state index contributed by atoms with van der Waals surface area (Å²) < 4.78 is 11.3. The van der Waals surface area contributed by atoms with Gasteiger partial charge in [-0.2, -0.15) is 15.4 Å². The average molecular weight is 472 g/mol. The van der Waals surface area contributed by atoms with Crippen LogP contribution in [0.5, 0.6) is 11.5 Å². The molecule has 9 nitrogen and oxygen atoms in total. The number of likely N-dealkylation sites (tertiary alicyclic amines) is 2. The zero-order valence-electron chi connectivity index (χ0n) is 19.3. The average Bonchev–Trinajstić information content (AvgIpc) is 3.61. The molecule has 2 aliphatic heterocycles. The molecule has 3 heterocycles. The normalized spacial score (nSPS) is 19.3. The van der Waals surface area contributed by atoms with Crippen LogP contribution in [0.2, 0.25) is 0 Å². The van der Waals surface area contributed by atoms with Crippen molar-refractivity contribution in [3.63, 3.8) is 0 Å². The van der Waals surface area contributed by atoms with Gasteiger partial charge in [0.2, 0.25) is 0 Å². The summed E-state index contributed by atoms with van der Waals surface area (Å²) in [5.74, 6) is 1.83. The van der Waals surface area contributed by atoms with Gasteiger partial charge < -0.3 is 19.3 Å². The second kappa shape index (κ2) is 8.57. The van der Waals surface area contributed by atoms with Crippen LogP contribution in [0, 0.1) is 11.8 Å². The molecule has 0 unspecified atom stereocenters. The Labute approximate surface area is 201 Å². The first-order valence-corrected chi connectivity index (χ1v) is 11.7. The van der Waals surface area contributed by atoms with E-state index >= 15 is 0 Å². The standard InChI is InChI=1S/C26H25N5O4/c1-34-24-10-20(8-16-4-2-3-5-21(16)24)35-15-25(32)30-11-18-13-31(14-19(18)12-30)26(33)17-6-7-22-23(9-17)28-29-27-22/h2-10,18-19H,11-15H2,1H3,(H,27,28,29)/t18-,19-/m1/s1. The van der Waals surface area contributed by atoms with Crippen molar-refractivity contribution in [2.45, 2.75) is 0 Å². The van der Waals surface area contributed by atoms with Crippen LogP contribution in [0.3, 0.4) is 0 Å². The van der Waals surface area contributed by atoms with E-state index in [1.165, 1.54) is 0 Å². The number of ether oxygens (including phenoxy) is 2. The summed E-state index contributed by atoms with van der Waals surface area (Å²) in [5.41, 5.74) is 2.02. The Kier molecular flexibility index (Phi) is 5.24. The number of carbonyl (C=O) groups excluding carboxylic acids is 2. The van der Waals surface area contributed by atoms with Crippen molar-refractivity contribution in [2.75, 3.05) is 39.9 Å². The topological polar surface area (TPSA) is 101 Å². The number of fused-ring (bicyclic) bond motifs is 3. The molecule has 0 aliphatic carbocycles.